The number of nitrogens with one attached hydrogen (secondary N) is 1. The maximum absolute atomic E-state index is 4.07. The van der Waals surface area contributed by atoms with Crippen molar-refractivity contribution in [1.29, 1.82) is 0 Å². The normalized spacial score (nSPS) is 12.7. The molecule has 1 aromatic heterocycles. The number of halogens is 2. The first-order valence-corrected chi connectivity index (χ1v) is 7.67. The highest BCUT2D eigenvalue weighted by Gasteiger charge is 2.23. The first-order valence-electron chi connectivity index (χ1n) is 6.09. The Morgan fingerprint density at radius 1 is 1.37 bits per heavy atom. The van der Waals surface area contributed by atoms with Gasteiger partial charge in [-0.1, -0.05) is 45.8 Å². The molecular weight excluding hydrogens is 372 g/mol. The standard InChI is InChI=1S/C13H16Br2N4/c1-4-16-11(12-13(15)17-18-19(12)3)9-7-8(2)5-6-10(9)14/h5-7,11,16H,4H2,1-3H3. The summed E-state index contributed by atoms with van der Waals surface area (Å²) in [6.07, 6.45) is 0. The Kier molecular flexibility index (Phi) is 4.76. The molecule has 4 nitrogen and oxygen atoms in total. The second kappa shape index (κ2) is 6.15. The maximum atomic E-state index is 4.07. The molecule has 102 valence electrons. The highest BCUT2D eigenvalue weighted by molar-refractivity contribution is 9.10. The van der Waals surface area contributed by atoms with Gasteiger partial charge < -0.3 is 5.32 Å². The van der Waals surface area contributed by atoms with Gasteiger partial charge in [-0.2, -0.15) is 0 Å². The van der Waals surface area contributed by atoms with Crippen LogP contribution in [0.2, 0.25) is 0 Å². The lowest BCUT2D eigenvalue weighted by Crippen LogP contribution is -2.25. The van der Waals surface area contributed by atoms with Crippen LogP contribution < -0.4 is 5.32 Å². The summed E-state index contributed by atoms with van der Waals surface area (Å²) in [4.78, 5) is 0. The van der Waals surface area contributed by atoms with E-state index in [1.807, 2.05) is 7.05 Å². The van der Waals surface area contributed by atoms with Crippen LogP contribution in [0.25, 0.3) is 0 Å². The van der Waals surface area contributed by atoms with Crippen LogP contribution in [0.5, 0.6) is 0 Å². The molecule has 1 N–H and O–H groups in total. The van der Waals surface area contributed by atoms with Crippen molar-refractivity contribution < 1.29 is 0 Å². The van der Waals surface area contributed by atoms with E-state index in [9.17, 15) is 0 Å². The molecule has 1 atom stereocenters. The van der Waals surface area contributed by atoms with E-state index < -0.39 is 0 Å². The fourth-order valence-corrected chi connectivity index (χ4v) is 3.12. The van der Waals surface area contributed by atoms with Crippen molar-refractivity contribution >= 4 is 31.9 Å². The molecule has 1 aromatic carbocycles. The largest absolute Gasteiger partial charge is 0.305 e. The maximum Gasteiger partial charge on any atom is 0.153 e. The molecule has 6 heteroatoms. The van der Waals surface area contributed by atoms with Gasteiger partial charge in [-0.3, -0.25) is 0 Å². The zero-order valence-electron chi connectivity index (χ0n) is 11.1. The van der Waals surface area contributed by atoms with E-state index >= 15 is 0 Å². The highest BCUT2D eigenvalue weighted by atomic mass is 79.9. The molecule has 0 fully saturated rings. The zero-order valence-corrected chi connectivity index (χ0v) is 14.3. The molecular formula is C13H16Br2N4. The molecule has 19 heavy (non-hydrogen) atoms. The first kappa shape index (κ1) is 14.7. The third kappa shape index (κ3) is 3.07. The molecule has 0 amide bonds. The van der Waals surface area contributed by atoms with Gasteiger partial charge in [0.15, 0.2) is 4.60 Å². The highest BCUT2D eigenvalue weighted by Crippen LogP contribution is 2.32. The summed E-state index contributed by atoms with van der Waals surface area (Å²) in [5.41, 5.74) is 3.44. The van der Waals surface area contributed by atoms with Crippen molar-refractivity contribution in [2.75, 3.05) is 6.54 Å². The van der Waals surface area contributed by atoms with E-state index in [1.165, 1.54) is 11.1 Å². The topological polar surface area (TPSA) is 42.7 Å². The Hall–Kier alpha value is -0.720. The Labute approximate surface area is 129 Å². The molecule has 0 saturated carbocycles. The molecule has 0 bridgehead atoms. The molecule has 0 spiro atoms. The number of nitrogens with zero attached hydrogens (tertiary/aromatic N) is 3. The second-order valence-corrected chi connectivity index (χ2v) is 6.01. The molecule has 2 rings (SSSR count). The summed E-state index contributed by atoms with van der Waals surface area (Å²) in [5, 5.41) is 11.6. The molecule has 0 aliphatic carbocycles. The average Bonchev–Trinajstić information content (AvgIpc) is 2.70. The van der Waals surface area contributed by atoms with Crippen LogP contribution in [0.4, 0.5) is 0 Å². The van der Waals surface area contributed by atoms with Gasteiger partial charge in [-0.25, -0.2) is 4.68 Å². The van der Waals surface area contributed by atoms with Crippen molar-refractivity contribution in [3.05, 3.63) is 44.1 Å². The number of rotatable bonds is 4. The summed E-state index contributed by atoms with van der Waals surface area (Å²) in [7, 11) is 1.90. The van der Waals surface area contributed by atoms with Crippen molar-refractivity contribution in [2.45, 2.75) is 19.9 Å². The van der Waals surface area contributed by atoms with Gasteiger partial charge >= 0.3 is 0 Å². The van der Waals surface area contributed by atoms with Gasteiger partial charge in [-0.05, 0) is 41.0 Å². The third-order valence-corrected chi connectivity index (χ3v) is 4.26. The first-order chi connectivity index (χ1) is 9.04. The van der Waals surface area contributed by atoms with Crippen molar-refractivity contribution in [2.24, 2.45) is 7.05 Å². The lowest BCUT2D eigenvalue weighted by molar-refractivity contribution is 0.565. The SMILES string of the molecule is CCNC(c1cc(C)ccc1Br)c1c(Br)nnn1C. The van der Waals surface area contributed by atoms with Gasteiger partial charge in [0, 0.05) is 11.5 Å². The average molecular weight is 388 g/mol. The van der Waals surface area contributed by atoms with E-state index in [1.54, 1.807) is 4.68 Å². The predicted octanol–water partition coefficient (Wildman–Crippen LogP) is 3.35. The van der Waals surface area contributed by atoms with Crippen LogP contribution in [-0.2, 0) is 7.05 Å². The lowest BCUT2D eigenvalue weighted by atomic mass is 10.0. The zero-order chi connectivity index (χ0) is 14.0. The van der Waals surface area contributed by atoms with Crippen molar-refractivity contribution in [1.82, 2.24) is 20.3 Å². The quantitative estimate of drug-likeness (QED) is 0.874. The van der Waals surface area contributed by atoms with E-state index in [4.69, 9.17) is 0 Å². The van der Waals surface area contributed by atoms with E-state index in [0.717, 1.165) is 21.3 Å². The smallest absolute Gasteiger partial charge is 0.153 e. The second-order valence-electron chi connectivity index (χ2n) is 4.40. The summed E-state index contributed by atoms with van der Waals surface area (Å²) >= 11 is 7.11. The van der Waals surface area contributed by atoms with Crippen LogP contribution >= 0.6 is 31.9 Å². The lowest BCUT2D eigenvalue weighted by Gasteiger charge is -2.20. The van der Waals surface area contributed by atoms with Crippen LogP contribution in [0.3, 0.4) is 0 Å². The molecule has 0 aliphatic heterocycles. The van der Waals surface area contributed by atoms with Gasteiger partial charge in [0.2, 0.25) is 0 Å². The molecule has 1 unspecified atom stereocenters. The molecule has 0 saturated heterocycles. The van der Waals surface area contributed by atoms with Crippen molar-refractivity contribution in [3.8, 4) is 0 Å². The van der Waals surface area contributed by atoms with Gasteiger partial charge in [-0.15, -0.1) is 5.10 Å². The minimum absolute atomic E-state index is 0.0497. The summed E-state index contributed by atoms with van der Waals surface area (Å²) in [6, 6.07) is 6.39. The molecule has 0 aliphatic rings. The molecule has 1 heterocycles. The summed E-state index contributed by atoms with van der Waals surface area (Å²) < 4.78 is 3.65. The number of hydrogen-bond donors (Lipinski definition) is 1. The van der Waals surface area contributed by atoms with Gasteiger partial charge in [0.05, 0.1) is 11.7 Å². The summed E-state index contributed by atoms with van der Waals surface area (Å²) in [6.45, 7) is 5.05. The molecule has 0 radical (unpaired) electrons. The van der Waals surface area contributed by atoms with E-state index in [0.29, 0.717) is 0 Å². The van der Waals surface area contributed by atoms with Crippen LogP contribution in [0.15, 0.2) is 27.3 Å². The van der Waals surface area contributed by atoms with Crippen LogP contribution in [0.1, 0.15) is 29.8 Å². The summed E-state index contributed by atoms with van der Waals surface area (Å²) in [5.74, 6) is 0. The van der Waals surface area contributed by atoms with Crippen molar-refractivity contribution in [3.63, 3.8) is 0 Å². The van der Waals surface area contributed by atoms with Gasteiger partial charge in [0.1, 0.15) is 0 Å². The van der Waals surface area contributed by atoms with Gasteiger partial charge in [0.25, 0.3) is 0 Å². The minimum atomic E-state index is 0.0497. The molecule has 2 aromatic rings. The fourth-order valence-electron chi connectivity index (χ4n) is 2.09. The fraction of sp³-hybridized carbons (Fsp3) is 0.385. The van der Waals surface area contributed by atoms with E-state index in [2.05, 4.69) is 79.5 Å². The number of hydrogen-bond acceptors (Lipinski definition) is 3. The number of benzene rings is 1. The Balaban J connectivity index is 2.54. The minimum Gasteiger partial charge on any atom is -0.305 e. The Morgan fingerprint density at radius 2 is 2.11 bits per heavy atom. The third-order valence-electron chi connectivity index (χ3n) is 2.97. The van der Waals surface area contributed by atoms with Crippen LogP contribution in [-0.4, -0.2) is 21.5 Å². The monoisotopic (exact) mass is 386 g/mol. The Morgan fingerprint density at radius 3 is 2.68 bits per heavy atom. The number of aromatic nitrogens is 3. The number of aryl methyl sites for hydroxylation is 2. The van der Waals surface area contributed by atoms with Crippen LogP contribution in [0, 0.1) is 6.92 Å². The Bertz CT molecular complexity index is 561. The van der Waals surface area contributed by atoms with E-state index in [-0.39, 0.29) is 6.04 Å². The predicted molar refractivity (Wildman–Crippen MR) is 83.1 cm³/mol.